The number of nitrogens with zero attached hydrogens (tertiary/aromatic N) is 3. The van der Waals surface area contributed by atoms with Crippen LogP contribution in [0.5, 0.6) is 0 Å². The molecule has 0 aliphatic rings. The summed E-state index contributed by atoms with van der Waals surface area (Å²) in [6.45, 7) is 6.57. The Morgan fingerprint density at radius 1 is 1.37 bits per heavy atom. The highest BCUT2D eigenvalue weighted by Crippen LogP contribution is 2.24. The predicted octanol–water partition coefficient (Wildman–Crippen LogP) is 2.02. The first-order chi connectivity index (χ1) is 8.81. The average molecular weight is 272 g/mol. The third kappa shape index (κ3) is 6.42. The smallest absolute Gasteiger partial charge is 0.325 e. The van der Waals surface area contributed by atoms with E-state index in [1.165, 1.54) is 7.11 Å². The molecule has 0 aromatic carbocycles. The molecule has 0 radical (unpaired) electrons. The second kappa shape index (κ2) is 7.99. The summed E-state index contributed by atoms with van der Waals surface area (Å²) in [4.78, 5) is 14.6. The van der Waals surface area contributed by atoms with Crippen LogP contribution in [0.4, 0.5) is 0 Å². The quantitative estimate of drug-likeness (QED) is 0.228. The highest BCUT2D eigenvalue weighted by Gasteiger charge is 2.39. The van der Waals surface area contributed by atoms with Crippen molar-refractivity contribution < 1.29 is 14.3 Å². The topological polar surface area (TPSA) is 96.3 Å². The van der Waals surface area contributed by atoms with Gasteiger partial charge >= 0.3 is 5.97 Å². The predicted molar refractivity (Wildman–Crippen MR) is 72.8 cm³/mol. The Morgan fingerprint density at radius 2 is 2.00 bits per heavy atom. The van der Waals surface area contributed by atoms with Gasteiger partial charge in [-0.2, -0.15) is 0 Å². The fourth-order valence-electron chi connectivity index (χ4n) is 1.91. The van der Waals surface area contributed by atoms with Crippen LogP contribution in [0.2, 0.25) is 0 Å². The number of azide groups is 1. The van der Waals surface area contributed by atoms with E-state index in [9.17, 15) is 4.79 Å². The van der Waals surface area contributed by atoms with Crippen LogP contribution < -0.4 is 5.32 Å². The summed E-state index contributed by atoms with van der Waals surface area (Å²) in [5.74, 6) is -0.332. The van der Waals surface area contributed by atoms with Gasteiger partial charge < -0.3 is 14.8 Å². The van der Waals surface area contributed by atoms with Crippen LogP contribution in [-0.2, 0) is 14.3 Å². The number of carbonyl (C=O) groups excluding carboxylic acids is 1. The maximum atomic E-state index is 11.9. The number of hydrogen-bond donors (Lipinski definition) is 1. The first-order valence-corrected chi connectivity index (χ1v) is 6.21. The molecule has 0 fully saturated rings. The van der Waals surface area contributed by atoms with Crippen molar-refractivity contribution in [3.8, 4) is 0 Å². The van der Waals surface area contributed by atoms with Crippen molar-refractivity contribution in [1.82, 2.24) is 5.32 Å². The SMILES string of the molecule is COC(=O)C(C)(CC(C)(C)OC)NCCCN=[N+]=[N-]. The van der Waals surface area contributed by atoms with Gasteiger partial charge in [0.2, 0.25) is 0 Å². The van der Waals surface area contributed by atoms with Crippen molar-refractivity contribution in [1.29, 1.82) is 0 Å². The van der Waals surface area contributed by atoms with Crippen molar-refractivity contribution in [3.05, 3.63) is 10.4 Å². The lowest BCUT2D eigenvalue weighted by Gasteiger charge is -2.35. The first kappa shape index (κ1) is 17.7. The van der Waals surface area contributed by atoms with Gasteiger partial charge in [-0.15, -0.1) is 0 Å². The highest BCUT2D eigenvalue weighted by molar-refractivity contribution is 5.80. The van der Waals surface area contributed by atoms with Crippen molar-refractivity contribution in [3.63, 3.8) is 0 Å². The largest absolute Gasteiger partial charge is 0.468 e. The van der Waals surface area contributed by atoms with Crippen LogP contribution in [0.25, 0.3) is 10.4 Å². The van der Waals surface area contributed by atoms with E-state index in [1.807, 2.05) is 13.8 Å². The molecule has 0 saturated heterocycles. The van der Waals surface area contributed by atoms with Gasteiger partial charge in [-0.05, 0) is 39.3 Å². The average Bonchev–Trinajstić information content (AvgIpc) is 2.37. The first-order valence-electron chi connectivity index (χ1n) is 6.21. The van der Waals surface area contributed by atoms with Gasteiger partial charge in [0.15, 0.2) is 0 Å². The number of hydrogen-bond acceptors (Lipinski definition) is 5. The molecule has 0 aliphatic heterocycles. The molecule has 0 aliphatic carbocycles. The zero-order chi connectivity index (χ0) is 14.9. The van der Waals surface area contributed by atoms with E-state index in [-0.39, 0.29) is 5.97 Å². The Kier molecular flexibility index (Phi) is 7.44. The Balaban J connectivity index is 4.60. The summed E-state index contributed by atoms with van der Waals surface area (Å²) in [6, 6.07) is 0. The van der Waals surface area contributed by atoms with Crippen LogP contribution in [0.3, 0.4) is 0 Å². The van der Waals surface area contributed by atoms with E-state index in [0.717, 1.165) is 0 Å². The van der Waals surface area contributed by atoms with E-state index < -0.39 is 11.1 Å². The van der Waals surface area contributed by atoms with Crippen LogP contribution in [0.15, 0.2) is 5.11 Å². The lowest BCUT2D eigenvalue weighted by molar-refractivity contribution is -0.151. The molecule has 0 saturated carbocycles. The van der Waals surface area contributed by atoms with Crippen molar-refractivity contribution in [2.24, 2.45) is 5.11 Å². The van der Waals surface area contributed by atoms with E-state index in [1.54, 1.807) is 14.0 Å². The van der Waals surface area contributed by atoms with Crippen molar-refractivity contribution >= 4 is 5.97 Å². The van der Waals surface area contributed by atoms with Crippen molar-refractivity contribution in [2.45, 2.75) is 44.8 Å². The molecule has 1 atom stereocenters. The van der Waals surface area contributed by atoms with Gasteiger partial charge in [-0.1, -0.05) is 5.11 Å². The van der Waals surface area contributed by atoms with Crippen LogP contribution >= 0.6 is 0 Å². The minimum absolute atomic E-state index is 0.332. The third-order valence-electron chi connectivity index (χ3n) is 2.98. The number of nitrogens with one attached hydrogen (secondary N) is 1. The van der Waals surface area contributed by atoms with E-state index >= 15 is 0 Å². The normalized spacial score (nSPS) is 14.4. The van der Waals surface area contributed by atoms with Gasteiger partial charge in [0.25, 0.3) is 0 Å². The lowest BCUT2D eigenvalue weighted by atomic mass is 9.87. The number of methoxy groups -OCH3 is 2. The molecule has 1 N–H and O–H groups in total. The summed E-state index contributed by atoms with van der Waals surface area (Å²) in [6.07, 6.45) is 1.13. The van der Waals surface area contributed by atoms with Gasteiger partial charge in [-0.25, -0.2) is 0 Å². The molecule has 0 aromatic heterocycles. The fraction of sp³-hybridized carbons (Fsp3) is 0.917. The summed E-state index contributed by atoms with van der Waals surface area (Å²) in [7, 11) is 2.97. The Bertz CT molecular complexity index is 340. The molecular formula is C12H24N4O3. The zero-order valence-electron chi connectivity index (χ0n) is 12.4. The lowest BCUT2D eigenvalue weighted by Crippen LogP contribution is -2.54. The standard InChI is InChI=1S/C12H24N4O3/c1-11(2,19-5)9-12(3,10(17)18-4)14-7-6-8-15-16-13/h14H,6-9H2,1-5H3. The molecule has 110 valence electrons. The summed E-state index contributed by atoms with van der Waals surface area (Å²) in [5.41, 5.74) is 6.91. The molecular weight excluding hydrogens is 248 g/mol. The maximum absolute atomic E-state index is 11.9. The van der Waals surface area contributed by atoms with E-state index in [4.69, 9.17) is 15.0 Å². The molecule has 19 heavy (non-hydrogen) atoms. The minimum Gasteiger partial charge on any atom is -0.468 e. The van der Waals surface area contributed by atoms with Crippen LogP contribution in [0, 0.1) is 0 Å². The van der Waals surface area contributed by atoms with Gasteiger partial charge in [-0.3, -0.25) is 4.79 Å². The highest BCUT2D eigenvalue weighted by atomic mass is 16.5. The van der Waals surface area contributed by atoms with Crippen LogP contribution in [0.1, 0.15) is 33.6 Å². The molecule has 1 unspecified atom stereocenters. The number of ether oxygens (including phenoxy) is 2. The summed E-state index contributed by atoms with van der Waals surface area (Å²) < 4.78 is 10.2. The summed E-state index contributed by atoms with van der Waals surface area (Å²) in [5, 5.41) is 6.61. The van der Waals surface area contributed by atoms with Crippen molar-refractivity contribution in [2.75, 3.05) is 27.3 Å². The fourth-order valence-corrected chi connectivity index (χ4v) is 1.91. The molecule has 7 nitrogen and oxygen atoms in total. The van der Waals surface area contributed by atoms with Gasteiger partial charge in [0, 0.05) is 25.0 Å². The molecule has 0 amide bonds. The minimum atomic E-state index is -0.829. The van der Waals surface area contributed by atoms with Gasteiger partial charge in [0.1, 0.15) is 5.54 Å². The molecule has 0 heterocycles. The maximum Gasteiger partial charge on any atom is 0.325 e. The number of carbonyl (C=O) groups is 1. The van der Waals surface area contributed by atoms with E-state index in [0.29, 0.717) is 25.9 Å². The third-order valence-corrected chi connectivity index (χ3v) is 2.98. The zero-order valence-corrected chi connectivity index (χ0v) is 12.4. The number of esters is 1. The molecule has 7 heteroatoms. The molecule has 0 spiro atoms. The summed E-state index contributed by atoms with van der Waals surface area (Å²) >= 11 is 0. The Labute approximate surface area is 114 Å². The molecule has 0 aromatic rings. The molecule has 0 rings (SSSR count). The number of rotatable bonds is 9. The van der Waals surface area contributed by atoms with Gasteiger partial charge in [0.05, 0.1) is 12.7 Å². The second-order valence-corrected chi connectivity index (χ2v) is 5.20. The molecule has 0 bridgehead atoms. The van der Waals surface area contributed by atoms with E-state index in [2.05, 4.69) is 15.3 Å². The second-order valence-electron chi connectivity index (χ2n) is 5.20. The monoisotopic (exact) mass is 272 g/mol. The Hall–Kier alpha value is -1.30. The Morgan fingerprint density at radius 3 is 2.47 bits per heavy atom. The van der Waals surface area contributed by atoms with Crippen LogP contribution in [-0.4, -0.2) is 44.4 Å².